The highest BCUT2D eigenvalue weighted by atomic mass is 19.2. The Balaban J connectivity index is 1.40. The minimum absolute atomic E-state index is 0.0908. The van der Waals surface area contributed by atoms with Crippen LogP contribution in [-0.4, -0.2) is 43.1 Å². The van der Waals surface area contributed by atoms with Crippen LogP contribution in [0, 0.1) is 17.5 Å². The van der Waals surface area contributed by atoms with Gasteiger partial charge in [0.25, 0.3) is 5.91 Å². The minimum Gasteiger partial charge on any atom is -0.497 e. The van der Waals surface area contributed by atoms with E-state index in [0.29, 0.717) is 34.9 Å². The lowest BCUT2D eigenvalue weighted by molar-refractivity contribution is 0.0635. The molecule has 0 unspecified atom stereocenters. The third kappa shape index (κ3) is 2.87. The van der Waals surface area contributed by atoms with Gasteiger partial charge in [0.05, 0.1) is 30.7 Å². The molecule has 0 saturated carbocycles. The van der Waals surface area contributed by atoms with Crippen LogP contribution in [0.15, 0.2) is 36.7 Å². The molecule has 2 aliphatic heterocycles. The van der Waals surface area contributed by atoms with Crippen molar-refractivity contribution in [2.45, 2.75) is 31.3 Å². The summed E-state index contributed by atoms with van der Waals surface area (Å²) in [5, 5.41) is 4.63. The summed E-state index contributed by atoms with van der Waals surface area (Å²) in [5.74, 6) is -3.49. The van der Waals surface area contributed by atoms with Gasteiger partial charge in [-0.2, -0.15) is 5.10 Å². The Morgan fingerprint density at radius 2 is 1.91 bits per heavy atom. The van der Waals surface area contributed by atoms with E-state index in [2.05, 4.69) is 10.1 Å². The van der Waals surface area contributed by atoms with Gasteiger partial charge in [-0.3, -0.25) is 13.9 Å². The van der Waals surface area contributed by atoms with Crippen molar-refractivity contribution in [3.8, 4) is 17.0 Å². The van der Waals surface area contributed by atoms with E-state index in [1.54, 1.807) is 47.8 Å². The maximum atomic E-state index is 13.9. The Morgan fingerprint density at radius 1 is 1.15 bits per heavy atom. The molecule has 0 spiro atoms. The van der Waals surface area contributed by atoms with Gasteiger partial charge in [-0.25, -0.2) is 18.2 Å². The zero-order valence-corrected chi connectivity index (χ0v) is 18.4. The fourth-order valence-corrected chi connectivity index (χ4v) is 5.39. The summed E-state index contributed by atoms with van der Waals surface area (Å²) >= 11 is 0. The van der Waals surface area contributed by atoms with E-state index in [4.69, 9.17) is 4.74 Å². The molecule has 1 saturated heterocycles. The lowest BCUT2D eigenvalue weighted by Crippen LogP contribution is -2.42. The molecule has 34 heavy (non-hydrogen) atoms. The van der Waals surface area contributed by atoms with Crippen LogP contribution in [0.1, 0.15) is 40.6 Å². The molecule has 10 heteroatoms. The second kappa shape index (κ2) is 7.34. The van der Waals surface area contributed by atoms with Crippen molar-refractivity contribution in [2.24, 2.45) is 7.05 Å². The lowest BCUT2D eigenvalue weighted by atomic mass is 9.94. The van der Waals surface area contributed by atoms with Gasteiger partial charge >= 0.3 is 0 Å². The Hall–Kier alpha value is -3.82. The molecule has 1 fully saturated rings. The second-order valence-corrected chi connectivity index (χ2v) is 8.69. The molecule has 0 aliphatic carbocycles. The Kier molecular flexibility index (Phi) is 4.48. The Bertz CT molecular complexity index is 1450. The van der Waals surface area contributed by atoms with Gasteiger partial charge in [-0.1, -0.05) is 0 Å². The molecule has 2 atom stereocenters. The number of aryl methyl sites for hydroxylation is 1. The monoisotopic (exact) mass is 467 g/mol. The number of fused-ring (bicyclic) bond motifs is 5. The van der Waals surface area contributed by atoms with E-state index in [0.717, 1.165) is 30.5 Å². The van der Waals surface area contributed by atoms with Crippen molar-refractivity contribution < 1.29 is 22.7 Å². The van der Waals surface area contributed by atoms with Crippen LogP contribution in [0.3, 0.4) is 0 Å². The van der Waals surface area contributed by atoms with Crippen LogP contribution in [0.5, 0.6) is 5.75 Å². The third-order valence-electron chi connectivity index (χ3n) is 6.87. The molecule has 4 aromatic rings. The average Bonchev–Trinajstić information content (AvgIpc) is 3.49. The number of benzene rings is 1. The van der Waals surface area contributed by atoms with Gasteiger partial charge in [0.1, 0.15) is 17.1 Å². The van der Waals surface area contributed by atoms with E-state index in [1.165, 1.54) is 0 Å². The number of hydrogen-bond acceptors (Lipinski definition) is 4. The topological polar surface area (TPSA) is 64.7 Å². The highest BCUT2D eigenvalue weighted by molar-refractivity contribution is 5.94. The largest absolute Gasteiger partial charge is 0.497 e. The van der Waals surface area contributed by atoms with Gasteiger partial charge in [-0.15, -0.1) is 0 Å². The van der Waals surface area contributed by atoms with Crippen LogP contribution in [0.2, 0.25) is 0 Å². The summed E-state index contributed by atoms with van der Waals surface area (Å²) in [7, 11) is 3.25. The first-order valence-electron chi connectivity index (χ1n) is 10.9. The molecule has 1 aromatic carbocycles. The number of methoxy groups -OCH3 is 1. The van der Waals surface area contributed by atoms with Crippen LogP contribution in [0.4, 0.5) is 13.2 Å². The highest BCUT2D eigenvalue weighted by Gasteiger charge is 2.46. The number of aromatic nitrogens is 4. The molecule has 0 N–H and O–H groups in total. The number of hydrogen-bond donors (Lipinski definition) is 0. The SMILES string of the molecule is COc1ccn2c(C(=O)N3[C@@H]4CC[C@H]3c3nn(C)c(-c5cc(F)c(F)c(F)c5)c3C4)cnc2c1. The molecule has 5 heterocycles. The molecule has 174 valence electrons. The third-order valence-corrected chi connectivity index (χ3v) is 6.87. The zero-order chi connectivity index (χ0) is 23.7. The number of imidazole rings is 1. The van der Waals surface area contributed by atoms with Crippen molar-refractivity contribution >= 4 is 11.6 Å². The molecular formula is C24H20F3N5O2. The summed E-state index contributed by atoms with van der Waals surface area (Å²) in [6, 6.07) is 5.14. The molecule has 1 amide bonds. The molecular weight excluding hydrogens is 447 g/mol. The summed E-state index contributed by atoms with van der Waals surface area (Å²) in [6.07, 6.45) is 5.32. The normalized spacial score (nSPS) is 19.0. The summed E-state index contributed by atoms with van der Waals surface area (Å²) in [6.45, 7) is 0. The summed E-state index contributed by atoms with van der Waals surface area (Å²) < 4.78 is 49.9. The van der Waals surface area contributed by atoms with Crippen molar-refractivity contribution in [3.63, 3.8) is 0 Å². The fourth-order valence-electron chi connectivity index (χ4n) is 5.39. The minimum atomic E-state index is -1.50. The van der Waals surface area contributed by atoms with Crippen LogP contribution >= 0.6 is 0 Å². The second-order valence-electron chi connectivity index (χ2n) is 8.69. The van der Waals surface area contributed by atoms with Crippen molar-refractivity contribution in [3.05, 3.63) is 71.1 Å². The standard InChI is InChI=1S/C24H20F3N5O2/c1-30-23(12-7-16(25)21(27)17(26)8-12)15-9-13-3-4-18(22(15)29-30)32(13)24(33)19-11-28-20-10-14(34-2)5-6-31(19)20/h5-8,10-11,13,18H,3-4,9H2,1-2H3/t13-,18+/m1/s1. The van der Waals surface area contributed by atoms with Gasteiger partial charge in [0.15, 0.2) is 17.5 Å². The fraction of sp³-hybridized carbons (Fsp3) is 0.292. The Labute approximate surface area is 192 Å². The predicted octanol–water partition coefficient (Wildman–Crippen LogP) is 4.06. The molecule has 3 aromatic heterocycles. The van der Waals surface area contributed by atoms with Crippen LogP contribution in [0.25, 0.3) is 16.9 Å². The molecule has 7 nitrogen and oxygen atoms in total. The van der Waals surface area contributed by atoms with Gasteiger partial charge in [0, 0.05) is 36.5 Å². The number of carbonyl (C=O) groups is 1. The number of ether oxygens (including phenoxy) is 1. The Morgan fingerprint density at radius 3 is 2.65 bits per heavy atom. The average molecular weight is 467 g/mol. The van der Waals surface area contributed by atoms with E-state index < -0.39 is 17.5 Å². The number of amides is 1. The number of carbonyl (C=O) groups excluding carboxylic acids is 1. The molecule has 0 radical (unpaired) electrons. The molecule has 2 bridgehead atoms. The number of nitrogens with zero attached hydrogens (tertiary/aromatic N) is 5. The van der Waals surface area contributed by atoms with E-state index in [9.17, 15) is 18.0 Å². The highest BCUT2D eigenvalue weighted by Crippen LogP contribution is 2.46. The number of pyridine rings is 1. The maximum Gasteiger partial charge on any atom is 0.273 e. The van der Waals surface area contributed by atoms with E-state index in [-0.39, 0.29) is 23.6 Å². The smallest absolute Gasteiger partial charge is 0.273 e. The van der Waals surface area contributed by atoms with Crippen molar-refractivity contribution in [1.82, 2.24) is 24.1 Å². The van der Waals surface area contributed by atoms with Gasteiger partial charge in [-0.05, 0) is 37.5 Å². The first kappa shape index (κ1) is 20.8. The summed E-state index contributed by atoms with van der Waals surface area (Å²) in [4.78, 5) is 19.8. The van der Waals surface area contributed by atoms with Gasteiger partial charge < -0.3 is 9.64 Å². The first-order valence-corrected chi connectivity index (χ1v) is 10.9. The van der Waals surface area contributed by atoms with Crippen molar-refractivity contribution in [2.75, 3.05) is 7.11 Å². The first-order chi connectivity index (χ1) is 16.4. The van der Waals surface area contributed by atoms with Gasteiger partial charge in [0.2, 0.25) is 0 Å². The quantitative estimate of drug-likeness (QED) is 0.427. The molecule has 2 aliphatic rings. The maximum absolute atomic E-state index is 13.9. The zero-order valence-electron chi connectivity index (χ0n) is 18.4. The van der Waals surface area contributed by atoms with Crippen LogP contribution in [-0.2, 0) is 13.5 Å². The number of rotatable bonds is 3. The predicted molar refractivity (Wildman–Crippen MR) is 116 cm³/mol. The van der Waals surface area contributed by atoms with Crippen LogP contribution < -0.4 is 4.74 Å². The lowest BCUT2D eigenvalue weighted by Gasteiger charge is -2.34. The molecule has 6 rings (SSSR count). The van der Waals surface area contributed by atoms with Crippen molar-refractivity contribution in [1.29, 1.82) is 0 Å². The van der Waals surface area contributed by atoms with E-state index in [1.807, 2.05) is 4.90 Å². The number of halogens is 3. The summed E-state index contributed by atoms with van der Waals surface area (Å²) in [5.41, 5.74) is 3.36. The van der Waals surface area contributed by atoms with E-state index >= 15 is 0 Å².